The molecule has 0 spiro atoms. The first-order valence-electron chi connectivity index (χ1n) is 10.7. The van der Waals surface area contributed by atoms with Crippen LogP contribution in [0.3, 0.4) is 0 Å². The molecule has 0 N–H and O–H groups in total. The third-order valence-electron chi connectivity index (χ3n) is 6.22. The van der Waals surface area contributed by atoms with E-state index in [9.17, 15) is 22.4 Å². The van der Waals surface area contributed by atoms with Crippen molar-refractivity contribution in [3.8, 4) is 11.1 Å². The monoisotopic (exact) mass is 555 g/mol. The molecule has 9 heteroatoms. The molecule has 178 valence electrons. The van der Waals surface area contributed by atoms with Crippen LogP contribution in [0.5, 0.6) is 0 Å². The van der Waals surface area contributed by atoms with Crippen molar-refractivity contribution in [3.63, 3.8) is 0 Å². The van der Waals surface area contributed by atoms with E-state index in [4.69, 9.17) is 4.74 Å². The topological polar surface area (TPSA) is 82.4 Å². The molecular formula is C26H19BrFNO5S. The Hall–Kier alpha value is -3.30. The zero-order valence-electron chi connectivity index (χ0n) is 18.5. The molecule has 1 unspecified atom stereocenters. The Labute approximate surface area is 209 Å². The summed E-state index contributed by atoms with van der Waals surface area (Å²) >= 11 is 3.38. The van der Waals surface area contributed by atoms with Crippen molar-refractivity contribution in [1.82, 2.24) is 4.57 Å². The minimum atomic E-state index is -4.08. The fourth-order valence-electron chi connectivity index (χ4n) is 4.69. The molecule has 1 aromatic heterocycles. The molecule has 1 atom stereocenters. The van der Waals surface area contributed by atoms with Crippen molar-refractivity contribution in [2.24, 2.45) is 0 Å². The van der Waals surface area contributed by atoms with Crippen LogP contribution < -0.4 is 5.56 Å². The highest BCUT2D eigenvalue weighted by Crippen LogP contribution is 2.41. The number of hydrogen-bond donors (Lipinski definition) is 0. The minimum Gasteiger partial charge on any atom is -0.467 e. The standard InChI is InChI=1S/C26H19BrFNO5S/c1-34-26(31)21-14-35(32,33)25-22(17-9-5-10-18(28)12-17)20(23(27)24(30)29(21)25)13-16-8-4-7-15-6-2-3-11-19(15)16/h2-12,21H,13-14H2,1H3. The molecule has 0 fully saturated rings. The van der Waals surface area contributed by atoms with Crippen LogP contribution in [0.2, 0.25) is 0 Å². The van der Waals surface area contributed by atoms with E-state index in [-0.39, 0.29) is 21.5 Å². The Morgan fingerprint density at radius 2 is 1.83 bits per heavy atom. The van der Waals surface area contributed by atoms with E-state index in [0.29, 0.717) is 11.1 Å². The molecule has 6 nitrogen and oxygen atoms in total. The quantitative estimate of drug-likeness (QED) is 0.342. The Kier molecular flexibility index (Phi) is 5.85. The maximum absolute atomic E-state index is 14.3. The number of fused-ring (bicyclic) bond motifs is 2. The molecule has 0 saturated carbocycles. The third kappa shape index (κ3) is 3.88. The molecule has 2 heterocycles. The number of methoxy groups -OCH3 is 1. The number of esters is 1. The van der Waals surface area contributed by atoms with Crippen molar-refractivity contribution in [1.29, 1.82) is 0 Å². The zero-order chi connectivity index (χ0) is 24.9. The summed E-state index contributed by atoms with van der Waals surface area (Å²) < 4.78 is 46.9. The highest BCUT2D eigenvalue weighted by atomic mass is 79.9. The van der Waals surface area contributed by atoms with Gasteiger partial charge in [0.15, 0.2) is 9.84 Å². The molecule has 0 radical (unpaired) electrons. The van der Waals surface area contributed by atoms with Gasteiger partial charge in [-0.1, -0.05) is 54.6 Å². The van der Waals surface area contributed by atoms with E-state index in [1.165, 1.54) is 18.2 Å². The molecule has 0 aliphatic carbocycles. The van der Waals surface area contributed by atoms with Crippen molar-refractivity contribution in [3.05, 3.63) is 98.5 Å². The fourth-order valence-corrected chi connectivity index (χ4v) is 7.14. The lowest BCUT2D eigenvalue weighted by molar-refractivity contribution is -0.143. The van der Waals surface area contributed by atoms with Gasteiger partial charge in [0.2, 0.25) is 0 Å². The number of halogens is 2. The molecule has 4 aromatic rings. The molecular weight excluding hydrogens is 537 g/mol. The summed E-state index contributed by atoms with van der Waals surface area (Å²) in [6.45, 7) is 0. The van der Waals surface area contributed by atoms with Gasteiger partial charge in [0.25, 0.3) is 5.56 Å². The van der Waals surface area contributed by atoms with Gasteiger partial charge in [-0.05, 0) is 55.5 Å². The number of ether oxygens (including phenoxy) is 1. The van der Waals surface area contributed by atoms with Crippen molar-refractivity contribution < 1.29 is 22.3 Å². The van der Waals surface area contributed by atoms with Crippen LogP contribution in [0.1, 0.15) is 17.2 Å². The van der Waals surface area contributed by atoms with Gasteiger partial charge in [-0.15, -0.1) is 0 Å². The lowest BCUT2D eigenvalue weighted by Gasteiger charge is -2.19. The van der Waals surface area contributed by atoms with Gasteiger partial charge >= 0.3 is 5.97 Å². The van der Waals surface area contributed by atoms with Gasteiger partial charge in [-0.3, -0.25) is 9.36 Å². The number of sulfone groups is 1. The third-order valence-corrected chi connectivity index (χ3v) is 8.79. The van der Waals surface area contributed by atoms with Crippen LogP contribution in [-0.4, -0.2) is 31.8 Å². The lowest BCUT2D eigenvalue weighted by Crippen LogP contribution is -2.31. The molecule has 1 aliphatic heterocycles. The SMILES string of the molecule is COC(=O)C1CS(=O)(=O)c2c(-c3cccc(F)c3)c(Cc3cccc4ccccc34)c(Br)c(=O)n21. The number of carbonyl (C=O) groups is 1. The van der Waals surface area contributed by atoms with Gasteiger partial charge in [0.05, 0.1) is 17.3 Å². The summed E-state index contributed by atoms with van der Waals surface area (Å²) in [5.41, 5.74) is 1.09. The molecule has 35 heavy (non-hydrogen) atoms. The number of carbonyl (C=O) groups excluding carboxylic acids is 1. The number of benzene rings is 3. The first kappa shape index (κ1) is 23.4. The minimum absolute atomic E-state index is 0.111. The van der Waals surface area contributed by atoms with Crippen molar-refractivity contribution in [2.75, 3.05) is 12.9 Å². The molecule has 0 saturated heterocycles. The van der Waals surface area contributed by atoms with Gasteiger partial charge in [-0.25, -0.2) is 17.6 Å². The van der Waals surface area contributed by atoms with E-state index >= 15 is 0 Å². The highest BCUT2D eigenvalue weighted by Gasteiger charge is 2.44. The van der Waals surface area contributed by atoms with E-state index < -0.39 is 39.0 Å². The van der Waals surface area contributed by atoms with Crippen molar-refractivity contribution in [2.45, 2.75) is 17.5 Å². The number of rotatable bonds is 4. The average Bonchev–Trinajstić information content (AvgIpc) is 3.13. The Balaban J connectivity index is 1.87. The Morgan fingerprint density at radius 3 is 2.57 bits per heavy atom. The normalized spacial score (nSPS) is 16.3. The number of aromatic nitrogens is 1. The molecule has 0 bridgehead atoms. The second-order valence-electron chi connectivity index (χ2n) is 8.29. The predicted molar refractivity (Wildman–Crippen MR) is 134 cm³/mol. The summed E-state index contributed by atoms with van der Waals surface area (Å²) in [5, 5.41) is 1.63. The summed E-state index contributed by atoms with van der Waals surface area (Å²) in [6, 6.07) is 17.7. The van der Waals surface area contributed by atoms with E-state index in [0.717, 1.165) is 28.0 Å². The first-order chi connectivity index (χ1) is 16.7. The average molecular weight is 556 g/mol. The summed E-state index contributed by atoms with van der Waals surface area (Å²) in [7, 11) is -2.94. The van der Waals surface area contributed by atoms with Gasteiger partial charge < -0.3 is 4.74 Å². The number of hydrogen-bond acceptors (Lipinski definition) is 5. The number of nitrogens with zero attached hydrogens (tertiary/aromatic N) is 1. The maximum atomic E-state index is 14.3. The van der Waals surface area contributed by atoms with E-state index in [1.807, 2.05) is 42.5 Å². The molecule has 5 rings (SSSR count). The van der Waals surface area contributed by atoms with Crippen LogP contribution >= 0.6 is 15.9 Å². The van der Waals surface area contributed by atoms with Crippen molar-refractivity contribution >= 4 is 42.5 Å². The first-order valence-corrected chi connectivity index (χ1v) is 13.2. The summed E-state index contributed by atoms with van der Waals surface area (Å²) in [6.07, 6.45) is 0.204. The fraction of sp³-hybridized carbons (Fsp3) is 0.154. The molecule has 3 aromatic carbocycles. The molecule has 0 amide bonds. The predicted octanol–water partition coefficient (Wildman–Crippen LogP) is 4.66. The van der Waals surface area contributed by atoms with Crippen LogP contribution in [-0.2, 0) is 25.8 Å². The van der Waals surface area contributed by atoms with Gasteiger partial charge in [0.1, 0.15) is 16.9 Å². The number of pyridine rings is 1. The maximum Gasteiger partial charge on any atom is 0.330 e. The van der Waals surface area contributed by atoms with Crippen LogP contribution in [0, 0.1) is 5.82 Å². The summed E-state index contributed by atoms with van der Waals surface area (Å²) in [5.74, 6) is -2.01. The van der Waals surface area contributed by atoms with Crippen LogP contribution in [0.15, 0.2) is 81.0 Å². The smallest absolute Gasteiger partial charge is 0.330 e. The summed E-state index contributed by atoms with van der Waals surface area (Å²) in [4.78, 5) is 25.9. The van der Waals surface area contributed by atoms with Gasteiger partial charge in [0, 0.05) is 12.0 Å². The van der Waals surface area contributed by atoms with Crippen LogP contribution in [0.4, 0.5) is 4.39 Å². The van der Waals surface area contributed by atoms with E-state index in [1.54, 1.807) is 6.07 Å². The second-order valence-corrected chi connectivity index (χ2v) is 11.0. The largest absolute Gasteiger partial charge is 0.467 e. The Bertz CT molecular complexity index is 1670. The van der Waals surface area contributed by atoms with Gasteiger partial charge in [-0.2, -0.15) is 0 Å². The zero-order valence-corrected chi connectivity index (χ0v) is 20.9. The highest BCUT2D eigenvalue weighted by molar-refractivity contribution is 9.10. The van der Waals surface area contributed by atoms with E-state index in [2.05, 4.69) is 15.9 Å². The second kappa shape index (κ2) is 8.73. The lowest BCUT2D eigenvalue weighted by atomic mass is 9.93. The molecule has 1 aliphatic rings. The van der Waals surface area contributed by atoms with Crippen LogP contribution in [0.25, 0.3) is 21.9 Å². The Morgan fingerprint density at radius 1 is 1.11 bits per heavy atom.